The van der Waals surface area contributed by atoms with E-state index in [1.807, 2.05) is 37.3 Å². The number of anilines is 1. The predicted octanol–water partition coefficient (Wildman–Crippen LogP) is 5.48. The minimum Gasteiger partial charge on any atom is -0.493 e. The lowest BCUT2D eigenvalue weighted by atomic mass is 10.1. The van der Waals surface area contributed by atoms with Gasteiger partial charge >= 0.3 is 0 Å². The molecule has 4 heteroatoms. The molecular weight excluding hydrogens is 322 g/mol. The summed E-state index contributed by atoms with van der Waals surface area (Å²) in [5, 5.41) is 3.43. The average Bonchev–Trinajstić information content (AvgIpc) is 2.57. The summed E-state index contributed by atoms with van der Waals surface area (Å²) in [5.41, 5.74) is 2.56. The van der Waals surface area contributed by atoms with Crippen molar-refractivity contribution in [1.29, 1.82) is 0 Å². The standard InChI is InChI=1S/C20H22ClNO2/c1-3-4-13-24-19-8-6-5-7-16(19)10-12-20(23)22-18-14-17(21)11-9-15(18)2/h5-12,14H,3-4,13H2,1-2H3,(H,22,23)/b12-10+. The number of benzene rings is 2. The molecule has 2 rings (SSSR count). The third-order valence-electron chi connectivity index (χ3n) is 3.55. The molecule has 0 aliphatic heterocycles. The highest BCUT2D eigenvalue weighted by molar-refractivity contribution is 6.31. The summed E-state index contributed by atoms with van der Waals surface area (Å²) in [6, 6.07) is 13.1. The van der Waals surface area contributed by atoms with Gasteiger partial charge in [0, 0.05) is 22.3 Å². The molecule has 0 radical (unpaired) electrons. The molecule has 0 aliphatic carbocycles. The number of carbonyl (C=O) groups excluding carboxylic acids is 1. The maximum Gasteiger partial charge on any atom is 0.248 e. The molecule has 1 amide bonds. The number of nitrogens with one attached hydrogen (secondary N) is 1. The molecule has 1 N–H and O–H groups in total. The number of para-hydroxylation sites is 1. The number of halogens is 1. The van der Waals surface area contributed by atoms with Crippen LogP contribution in [0.2, 0.25) is 5.02 Å². The highest BCUT2D eigenvalue weighted by Gasteiger charge is 2.04. The Balaban J connectivity index is 2.04. The SMILES string of the molecule is CCCCOc1ccccc1/C=C/C(=O)Nc1cc(Cl)ccc1C. The van der Waals surface area contributed by atoms with Gasteiger partial charge in [-0.25, -0.2) is 0 Å². The number of carbonyl (C=O) groups is 1. The van der Waals surface area contributed by atoms with Crippen LogP contribution in [0.25, 0.3) is 6.08 Å². The Morgan fingerprint density at radius 1 is 1.25 bits per heavy atom. The van der Waals surface area contributed by atoms with Gasteiger partial charge in [0.2, 0.25) is 5.91 Å². The van der Waals surface area contributed by atoms with Crippen LogP contribution in [0, 0.1) is 6.92 Å². The van der Waals surface area contributed by atoms with Crippen molar-refractivity contribution in [2.24, 2.45) is 0 Å². The Bertz CT molecular complexity index is 725. The molecule has 0 fully saturated rings. The Kier molecular flexibility index (Phi) is 6.89. The Morgan fingerprint density at radius 2 is 2.04 bits per heavy atom. The van der Waals surface area contributed by atoms with Gasteiger partial charge in [0.15, 0.2) is 0 Å². The zero-order chi connectivity index (χ0) is 17.4. The molecule has 0 heterocycles. The first kappa shape index (κ1) is 18.1. The lowest BCUT2D eigenvalue weighted by molar-refractivity contribution is -0.111. The monoisotopic (exact) mass is 343 g/mol. The fraction of sp³-hybridized carbons (Fsp3) is 0.250. The van der Waals surface area contributed by atoms with Crippen molar-refractivity contribution in [2.45, 2.75) is 26.7 Å². The van der Waals surface area contributed by atoms with Crippen molar-refractivity contribution < 1.29 is 9.53 Å². The van der Waals surface area contributed by atoms with E-state index in [1.54, 1.807) is 18.2 Å². The van der Waals surface area contributed by atoms with Gasteiger partial charge in [-0.05, 0) is 43.2 Å². The van der Waals surface area contributed by atoms with Crippen molar-refractivity contribution >= 4 is 29.3 Å². The first-order valence-corrected chi connectivity index (χ1v) is 8.45. The smallest absolute Gasteiger partial charge is 0.248 e. The first-order chi connectivity index (χ1) is 11.6. The zero-order valence-corrected chi connectivity index (χ0v) is 14.8. The molecule has 0 bridgehead atoms. The molecular formula is C20H22ClNO2. The molecule has 2 aromatic rings. The van der Waals surface area contributed by atoms with E-state index in [-0.39, 0.29) is 5.91 Å². The molecule has 0 spiro atoms. The second-order valence-corrected chi connectivity index (χ2v) is 5.96. The molecule has 126 valence electrons. The minimum absolute atomic E-state index is 0.205. The summed E-state index contributed by atoms with van der Waals surface area (Å²) >= 11 is 5.97. The van der Waals surface area contributed by atoms with Crippen LogP contribution < -0.4 is 10.1 Å². The molecule has 2 aromatic carbocycles. The lowest BCUT2D eigenvalue weighted by Crippen LogP contribution is -2.09. The second-order valence-electron chi connectivity index (χ2n) is 5.52. The van der Waals surface area contributed by atoms with Crippen LogP contribution in [0.3, 0.4) is 0 Å². The lowest BCUT2D eigenvalue weighted by Gasteiger charge is -2.09. The van der Waals surface area contributed by atoms with E-state index >= 15 is 0 Å². The molecule has 0 aliphatic rings. The van der Waals surface area contributed by atoms with Gasteiger partial charge in [-0.1, -0.05) is 49.2 Å². The van der Waals surface area contributed by atoms with Crippen LogP contribution in [0.15, 0.2) is 48.5 Å². The highest BCUT2D eigenvalue weighted by atomic mass is 35.5. The number of hydrogen-bond acceptors (Lipinski definition) is 2. The molecule has 0 saturated carbocycles. The fourth-order valence-corrected chi connectivity index (χ4v) is 2.32. The topological polar surface area (TPSA) is 38.3 Å². The van der Waals surface area contributed by atoms with Crippen LogP contribution in [-0.2, 0) is 4.79 Å². The molecule has 0 aromatic heterocycles. The molecule has 0 atom stereocenters. The summed E-state index contributed by atoms with van der Waals surface area (Å²) in [6.07, 6.45) is 5.35. The van der Waals surface area contributed by atoms with Crippen molar-refractivity contribution in [3.8, 4) is 5.75 Å². The number of amides is 1. The number of ether oxygens (including phenoxy) is 1. The number of unbranched alkanes of at least 4 members (excludes halogenated alkanes) is 1. The maximum absolute atomic E-state index is 12.1. The largest absolute Gasteiger partial charge is 0.493 e. The predicted molar refractivity (Wildman–Crippen MR) is 101 cm³/mol. The minimum atomic E-state index is -0.205. The van der Waals surface area contributed by atoms with Crippen LogP contribution in [0.5, 0.6) is 5.75 Å². The summed E-state index contributed by atoms with van der Waals surface area (Å²) in [7, 11) is 0. The van der Waals surface area contributed by atoms with E-state index in [0.717, 1.165) is 29.7 Å². The summed E-state index contributed by atoms with van der Waals surface area (Å²) in [5.74, 6) is 0.581. The number of rotatable bonds is 7. The Labute approximate surface area is 148 Å². The number of aryl methyl sites for hydroxylation is 1. The third-order valence-corrected chi connectivity index (χ3v) is 3.78. The number of hydrogen-bond donors (Lipinski definition) is 1. The van der Waals surface area contributed by atoms with Gasteiger partial charge in [-0.15, -0.1) is 0 Å². The van der Waals surface area contributed by atoms with E-state index in [1.165, 1.54) is 6.08 Å². The van der Waals surface area contributed by atoms with E-state index in [2.05, 4.69) is 12.2 Å². The van der Waals surface area contributed by atoms with E-state index in [9.17, 15) is 4.79 Å². The van der Waals surface area contributed by atoms with Gasteiger partial charge in [0.25, 0.3) is 0 Å². The van der Waals surface area contributed by atoms with Crippen molar-refractivity contribution in [3.63, 3.8) is 0 Å². The van der Waals surface area contributed by atoms with Crippen LogP contribution in [0.4, 0.5) is 5.69 Å². The summed E-state index contributed by atoms with van der Waals surface area (Å²) in [6.45, 7) is 4.72. The fourth-order valence-electron chi connectivity index (χ4n) is 2.14. The maximum atomic E-state index is 12.1. The second kappa shape index (κ2) is 9.14. The van der Waals surface area contributed by atoms with E-state index in [4.69, 9.17) is 16.3 Å². The van der Waals surface area contributed by atoms with Crippen molar-refractivity contribution in [2.75, 3.05) is 11.9 Å². The van der Waals surface area contributed by atoms with Crippen molar-refractivity contribution in [3.05, 3.63) is 64.7 Å². The highest BCUT2D eigenvalue weighted by Crippen LogP contribution is 2.21. The van der Waals surface area contributed by atoms with Gasteiger partial charge in [0.1, 0.15) is 5.75 Å². The van der Waals surface area contributed by atoms with E-state index in [0.29, 0.717) is 17.3 Å². The van der Waals surface area contributed by atoms with Gasteiger partial charge in [-0.3, -0.25) is 4.79 Å². The van der Waals surface area contributed by atoms with Gasteiger partial charge in [-0.2, -0.15) is 0 Å². The van der Waals surface area contributed by atoms with Crippen LogP contribution in [-0.4, -0.2) is 12.5 Å². The normalized spacial score (nSPS) is 10.8. The Morgan fingerprint density at radius 3 is 2.83 bits per heavy atom. The summed E-state index contributed by atoms with van der Waals surface area (Å²) in [4.78, 5) is 12.1. The first-order valence-electron chi connectivity index (χ1n) is 8.07. The Hall–Kier alpha value is -2.26. The van der Waals surface area contributed by atoms with Gasteiger partial charge < -0.3 is 10.1 Å². The quantitative estimate of drug-likeness (QED) is 0.534. The van der Waals surface area contributed by atoms with Crippen LogP contribution >= 0.6 is 11.6 Å². The molecule has 0 unspecified atom stereocenters. The van der Waals surface area contributed by atoms with Crippen LogP contribution in [0.1, 0.15) is 30.9 Å². The summed E-state index contributed by atoms with van der Waals surface area (Å²) < 4.78 is 5.76. The van der Waals surface area contributed by atoms with E-state index < -0.39 is 0 Å². The third kappa shape index (κ3) is 5.43. The van der Waals surface area contributed by atoms with Gasteiger partial charge in [0.05, 0.1) is 6.61 Å². The zero-order valence-electron chi connectivity index (χ0n) is 14.0. The molecule has 24 heavy (non-hydrogen) atoms. The molecule has 0 saturated heterocycles. The average molecular weight is 344 g/mol. The van der Waals surface area contributed by atoms with Crippen molar-refractivity contribution in [1.82, 2.24) is 0 Å². The molecule has 3 nitrogen and oxygen atoms in total.